The molecular formula is C22H20N4O2. The van der Waals surface area contributed by atoms with E-state index in [1.54, 1.807) is 24.7 Å². The van der Waals surface area contributed by atoms with Gasteiger partial charge in [0, 0.05) is 23.5 Å². The molecule has 0 saturated heterocycles. The Hall–Kier alpha value is -3.67. The lowest BCUT2D eigenvalue weighted by Gasteiger charge is -2.19. The monoisotopic (exact) mass is 372 g/mol. The lowest BCUT2D eigenvalue weighted by atomic mass is 9.99. The second-order valence-corrected chi connectivity index (χ2v) is 6.64. The molecule has 1 atom stereocenters. The average molecular weight is 372 g/mol. The highest BCUT2D eigenvalue weighted by Gasteiger charge is 2.22. The smallest absolute Gasteiger partial charge is 0.336 e. The van der Waals surface area contributed by atoms with Crippen molar-refractivity contribution >= 4 is 5.97 Å². The highest BCUT2D eigenvalue weighted by Crippen LogP contribution is 2.35. The molecule has 2 heterocycles. The number of carboxylic acids is 1. The number of hydrogen-bond acceptors (Lipinski definition) is 3. The van der Waals surface area contributed by atoms with Gasteiger partial charge < -0.3 is 9.67 Å². The maximum atomic E-state index is 11.9. The van der Waals surface area contributed by atoms with E-state index in [0.29, 0.717) is 12.1 Å². The van der Waals surface area contributed by atoms with Crippen LogP contribution in [0.4, 0.5) is 0 Å². The van der Waals surface area contributed by atoms with Crippen LogP contribution in [0.15, 0.2) is 79.4 Å². The second kappa shape index (κ2) is 7.52. The van der Waals surface area contributed by atoms with Gasteiger partial charge in [-0.1, -0.05) is 48.5 Å². The maximum Gasteiger partial charge on any atom is 0.336 e. The van der Waals surface area contributed by atoms with Crippen molar-refractivity contribution in [3.05, 3.63) is 84.9 Å². The Balaban J connectivity index is 1.89. The maximum absolute atomic E-state index is 11.9. The fourth-order valence-electron chi connectivity index (χ4n) is 3.41. The van der Waals surface area contributed by atoms with E-state index in [1.165, 1.54) is 0 Å². The van der Waals surface area contributed by atoms with Crippen molar-refractivity contribution in [2.24, 2.45) is 0 Å². The van der Waals surface area contributed by atoms with E-state index in [9.17, 15) is 9.90 Å². The number of benzene rings is 2. The highest BCUT2D eigenvalue weighted by atomic mass is 16.4. The van der Waals surface area contributed by atoms with Gasteiger partial charge in [0.25, 0.3) is 0 Å². The summed E-state index contributed by atoms with van der Waals surface area (Å²) in [4.78, 5) is 16.5. The lowest BCUT2D eigenvalue weighted by Crippen LogP contribution is -2.14. The Bertz CT molecular complexity index is 1080. The fourth-order valence-corrected chi connectivity index (χ4v) is 3.41. The van der Waals surface area contributed by atoms with E-state index in [-0.39, 0.29) is 11.6 Å². The molecule has 0 bridgehead atoms. The first-order chi connectivity index (χ1) is 13.6. The molecule has 0 fully saturated rings. The second-order valence-electron chi connectivity index (χ2n) is 6.64. The summed E-state index contributed by atoms with van der Waals surface area (Å²) in [5.74, 6) is -0.956. The van der Waals surface area contributed by atoms with Crippen LogP contribution in [-0.2, 0) is 6.54 Å². The van der Waals surface area contributed by atoms with Crippen molar-refractivity contribution in [1.82, 2.24) is 19.3 Å². The van der Waals surface area contributed by atoms with Crippen molar-refractivity contribution in [1.29, 1.82) is 0 Å². The molecule has 0 spiro atoms. The molecule has 6 nitrogen and oxygen atoms in total. The number of aromatic carboxylic acids is 1. The van der Waals surface area contributed by atoms with Crippen LogP contribution in [0.5, 0.6) is 0 Å². The van der Waals surface area contributed by atoms with Crippen LogP contribution in [0.3, 0.4) is 0 Å². The minimum absolute atomic E-state index is 0.0294. The van der Waals surface area contributed by atoms with Gasteiger partial charge in [-0.05, 0) is 19.1 Å². The van der Waals surface area contributed by atoms with Crippen LogP contribution in [0.25, 0.3) is 22.5 Å². The molecule has 0 amide bonds. The van der Waals surface area contributed by atoms with Crippen molar-refractivity contribution in [2.75, 3.05) is 0 Å². The summed E-state index contributed by atoms with van der Waals surface area (Å²) in [5.41, 5.74) is 3.42. The quantitative estimate of drug-likeness (QED) is 0.545. The topological polar surface area (TPSA) is 72.9 Å². The molecule has 6 heteroatoms. The van der Waals surface area contributed by atoms with Crippen molar-refractivity contribution in [3.63, 3.8) is 0 Å². The SMILES string of the molecule is C[C@@H](Cn1cccn1)n1cnc(-c2ccccc2)c1-c1ccccc1C(=O)O. The van der Waals surface area contributed by atoms with E-state index in [2.05, 4.69) is 17.0 Å². The van der Waals surface area contributed by atoms with Gasteiger partial charge in [-0.3, -0.25) is 4.68 Å². The highest BCUT2D eigenvalue weighted by molar-refractivity contribution is 5.97. The molecular weight excluding hydrogens is 352 g/mol. The first-order valence-electron chi connectivity index (χ1n) is 9.07. The molecule has 0 saturated carbocycles. The zero-order valence-electron chi connectivity index (χ0n) is 15.4. The summed E-state index contributed by atoms with van der Waals surface area (Å²) in [5, 5.41) is 14.0. The Morgan fingerprint density at radius 1 is 1.07 bits per heavy atom. The molecule has 28 heavy (non-hydrogen) atoms. The molecule has 4 aromatic rings. The first-order valence-corrected chi connectivity index (χ1v) is 9.07. The first kappa shape index (κ1) is 17.7. The summed E-state index contributed by atoms with van der Waals surface area (Å²) in [6.45, 7) is 2.73. The van der Waals surface area contributed by atoms with Gasteiger partial charge in [-0.25, -0.2) is 9.78 Å². The minimum atomic E-state index is -0.956. The van der Waals surface area contributed by atoms with Crippen molar-refractivity contribution in [2.45, 2.75) is 19.5 Å². The van der Waals surface area contributed by atoms with Gasteiger partial charge in [-0.2, -0.15) is 5.10 Å². The van der Waals surface area contributed by atoms with E-state index in [0.717, 1.165) is 17.0 Å². The van der Waals surface area contributed by atoms with Crippen molar-refractivity contribution < 1.29 is 9.90 Å². The van der Waals surface area contributed by atoms with Crippen LogP contribution in [0.1, 0.15) is 23.3 Å². The summed E-state index contributed by atoms with van der Waals surface area (Å²) in [6, 6.07) is 18.8. The fraction of sp³-hybridized carbons (Fsp3) is 0.136. The van der Waals surface area contributed by atoms with Gasteiger partial charge >= 0.3 is 5.97 Å². The molecule has 4 rings (SSSR count). The van der Waals surface area contributed by atoms with E-state index >= 15 is 0 Å². The summed E-state index contributed by atoms with van der Waals surface area (Å²) < 4.78 is 3.89. The number of carbonyl (C=O) groups is 1. The Labute approximate surface area is 162 Å². The van der Waals surface area contributed by atoms with Crippen LogP contribution >= 0.6 is 0 Å². The van der Waals surface area contributed by atoms with Gasteiger partial charge in [0.15, 0.2) is 0 Å². The zero-order chi connectivity index (χ0) is 19.5. The number of aromatic nitrogens is 4. The number of nitrogens with zero attached hydrogens (tertiary/aromatic N) is 4. The molecule has 140 valence electrons. The Kier molecular flexibility index (Phi) is 4.76. The van der Waals surface area contributed by atoms with E-state index in [1.807, 2.05) is 64.0 Å². The third-order valence-corrected chi connectivity index (χ3v) is 4.74. The number of carboxylic acid groups (broad SMARTS) is 1. The normalized spacial score (nSPS) is 12.0. The number of imidazole rings is 1. The minimum Gasteiger partial charge on any atom is -0.478 e. The molecule has 0 aliphatic heterocycles. The number of hydrogen-bond donors (Lipinski definition) is 1. The van der Waals surface area contributed by atoms with Crippen molar-refractivity contribution in [3.8, 4) is 22.5 Å². The largest absolute Gasteiger partial charge is 0.478 e. The molecule has 0 aliphatic rings. The van der Waals surface area contributed by atoms with Gasteiger partial charge in [0.1, 0.15) is 0 Å². The van der Waals surface area contributed by atoms with E-state index in [4.69, 9.17) is 0 Å². The van der Waals surface area contributed by atoms with E-state index < -0.39 is 5.97 Å². The molecule has 2 aromatic carbocycles. The summed E-state index contributed by atoms with van der Waals surface area (Å²) >= 11 is 0. The molecule has 0 unspecified atom stereocenters. The molecule has 1 N–H and O–H groups in total. The Morgan fingerprint density at radius 2 is 1.82 bits per heavy atom. The van der Waals surface area contributed by atoms with Gasteiger partial charge in [-0.15, -0.1) is 0 Å². The van der Waals surface area contributed by atoms with Gasteiger partial charge in [0.2, 0.25) is 0 Å². The Morgan fingerprint density at radius 3 is 2.54 bits per heavy atom. The molecule has 0 radical (unpaired) electrons. The third kappa shape index (κ3) is 3.32. The predicted octanol–water partition coefficient (Wildman–Crippen LogP) is 4.37. The average Bonchev–Trinajstić information content (AvgIpc) is 3.38. The summed E-state index contributed by atoms with van der Waals surface area (Å²) in [6.07, 6.45) is 5.44. The standard InChI is InChI=1S/C22H20N4O2/c1-16(14-25-13-7-12-24-25)26-15-23-20(17-8-3-2-4-9-17)21(26)18-10-5-6-11-19(18)22(27)28/h2-13,15-16H,14H2,1H3,(H,27,28)/t16-/m0/s1. The van der Waals surface area contributed by atoms with Crippen LogP contribution in [0.2, 0.25) is 0 Å². The predicted molar refractivity (Wildman–Crippen MR) is 107 cm³/mol. The van der Waals surface area contributed by atoms with Crippen LogP contribution in [0, 0.1) is 0 Å². The lowest BCUT2D eigenvalue weighted by molar-refractivity contribution is 0.0697. The third-order valence-electron chi connectivity index (χ3n) is 4.74. The van der Waals surface area contributed by atoms with Crippen LogP contribution < -0.4 is 0 Å². The van der Waals surface area contributed by atoms with Crippen LogP contribution in [-0.4, -0.2) is 30.4 Å². The molecule has 0 aliphatic carbocycles. The van der Waals surface area contributed by atoms with Gasteiger partial charge in [0.05, 0.1) is 35.9 Å². The molecule has 2 aromatic heterocycles. The number of rotatable bonds is 6. The zero-order valence-corrected chi connectivity index (χ0v) is 15.4. The summed E-state index contributed by atoms with van der Waals surface area (Å²) in [7, 11) is 0.